The van der Waals surface area contributed by atoms with Crippen LogP contribution >= 0.6 is 0 Å². The summed E-state index contributed by atoms with van der Waals surface area (Å²) in [5.74, 6) is -0.797. The molecule has 6 heteroatoms. The fourth-order valence-electron chi connectivity index (χ4n) is 4.40. The number of likely N-dealkylation sites (N-methyl/N-ethyl adjacent to an activating group) is 1. The van der Waals surface area contributed by atoms with E-state index >= 15 is 0 Å². The summed E-state index contributed by atoms with van der Waals surface area (Å²) in [6, 6.07) is 5.32. The number of hydrogen-bond donors (Lipinski definition) is 0. The first-order valence-electron chi connectivity index (χ1n) is 8.69. The van der Waals surface area contributed by atoms with Crippen LogP contribution in [0, 0.1) is 23.7 Å². The number of carbonyl (C=O) groups is 3. The van der Waals surface area contributed by atoms with Crippen molar-refractivity contribution in [3.63, 3.8) is 0 Å². The van der Waals surface area contributed by atoms with Gasteiger partial charge >= 0.3 is 0 Å². The monoisotopic (exact) mass is 339 g/mol. The zero-order chi connectivity index (χ0) is 17.7. The van der Waals surface area contributed by atoms with Crippen molar-refractivity contribution < 1.29 is 14.4 Å². The minimum atomic E-state index is -0.256. The van der Waals surface area contributed by atoms with E-state index in [1.807, 2.05) is 25.1 Å². The summed E-state index contributed by atoms with van der Waals surface area (Å²) in [4.78, 5) is 45.0. The van der Waals surface area contributed by atoms with Crippen LogP contribution < -0.4 is 0 Å². The molecule has 130 valence electrons. The zero-order valence-corrected chi connectivity index (χ0v) is 14.3. The Bertz CT molecular complexity index is 730. The number of fused-ring (bicyclic) bond motifs is 5. The van der Waals surface area contributed by atoms with Crippen LogP contribution in [0.15, 0.2) is 36.5 Å². The molecule has 0 unspecified atom stereocenters. The molecule has 0 radical (unpaired) electrons. The van der Waals surface area contributed by atoms with Gasteiger partial charge in [-0.2, -0.15) is 0 Å². The second-order valence-corrected chi connectivity index (χ2v) is 7.20. The summed E-state index contributed by atoms with van der Waals surface area (Å²) in [6.07, 6.45) is 6.68. The van der Waals surface area contributed by atoms with Crippen LogP contribution in [-0.4, -0.2) is 46.1 Å². The minimum Gasteiger partial charge on any atom is -0.336 e. The second kappa shape index (κ2) is 5.79. The highest BCUT2D eigenvalue weighted by atomic mass is 16.2. The SMILES string of the molecule is C[C@H](c1ccccn1)N(C)C(=O)CN1C(=O)[C@@H]2[C@H](C1=O)[C@H]1C=C[C@H]2C1. The zero-order valence-electron chi connectivity index (χ0n) is 14.3. The Morgan fingerprint density at radius 3 is 2.44 bits per heavy atom. The molecule has 0 N–H and O–H groups in total. The van der Waals surface area contributed by atoms with E-state index in [1.54, 1.807) is 18.1 Å². The van der Waals surface area contributed by atoms with E-state index in [2.05, 4.69) is 17.1 Å². The number of pyridine rings is 1. The first kappa shape index (κ1) is 16.0. The highest BCUT2D eigenvalue weighted by Crippen LogP contribution is 2.52. The number of rotatable bonds is 4. The molecule has 1 aliphatic heterocycles. The van der Waals surface area contributed by atoms with Gasteiger partial charge in [-0.05, 0) is 37.3 Å². The maximum Gasteiger partial charge on any atom is 0.243 e. The average molecular weight is 339 g/mol. The third kappa shape index (κ3) is 2.39. The van der Waals surface area contributed by atoms with E-state index in [-0.39, 0.29) is 54.0 Å². The third-order valence-electron chi connectivity index (χ3n) is 5.95. The van der Waals surface area contributed by atoms with Gasteiger partial charge in [0, 0.05) is 13.2 Å². The third-order valence-corrected chi connectivity index (χ3v) is 5.95. The average Bonchev–Trinajstić information content (AvgIpc) is 3.31. The Labute approximate surface area is 146 Å². The van der Waals surface area contributed by atoms with E-state index in [1.165, 1.54) is 4.90 Å². The molecule has 25 heavy (non-hydrogen) atoms. The molecule has 1 aromatic heterocycles. The summed E-state index contributed by atoms with van der Waals surface area (Å²) < 4.78 is 0. The van der Waals surface area contributed by atoms with Gasteiger partial charge in [0.2, 0.25) is 17.7 Å². The van der Waals surface area contributed by atoms with Crippen LogP contribution in [-0.2, 0) is 14.4 Å². The number of allylic oxidation sites excluding steroid dienone is 2. The highest BCUT2D eigenvalue weighted by molar-refractivity contribution is 6.08. The molecular weight excluding hydrogens is 318 g/mol. The van der Waals surface area contributed by atoms with Gasteiger partial charge < -0.3 is 4.90 Å². The molecule has 1 aromatic rings. The number of nitrogens with zero attached hydrogens (tertiary/aromatic N) is 3. The largest absolute Gasteiger partial charge is 0.336 e. The predicted molar refractivity (Wildman–Crippen MR) is 89.9 cm³/mol. The predicted octanol–water partition coefficient (Wildman–Crippen LogP) is 1.41. The maximum atomic E-state index is 12.7. The normalized spacial score (nSPS) is 30.7. The van der Waals surface area contributed by atoms with Crippen molar-refractivity contribution in [2.75, 3.05) is 13.6 Å². The van der Waals surface area contributed by atoms with E-state index in [4.69, 9.17) is 0 Å². The molecule has 1 saturated carbocycles. The van der Waals surface area contributed by atoms with Crippen molar-refractivity contribution in [1.82, 2.24) is 14.8 Å². The van der Waals surface area contributed by atoms with Crippen molar-refractivity contribution >= 4 is 17.7 Å². The van der Waals surface area contributed by atoms with E-state index < -0.39 is 0 Å². The molecule has 2 bridgehead atoms. The topological polar surface area (TPSA) is 70.6 Å². The van der Waals surface area contributed by atoms with Gasteiger partial charge in [-0.3, -0.25) is 24.3 Å². The molecule has 2 heterocycles. The van der Waals surface area contributed by atoms with Gasteiger partial charge in [0.05, 0.1) is 23.6 Å². The fraction of sp³-hybridized carbons (Fsp3) is 0.474. The fourth-order valence-corrected chi connectivity index (χ4v) is 4.40. The lowest BCUT2D eigenvalue weighted by Crippen LogP contribution is -2.43. The van der Waals surface area contributed by atoms with Gasteiger partial charge in [0.25, 0.3) is 0 Å². The van der Waals surface area contributed by atoms with E-state index in [0.29, 0.717) is 0 Å². The van der Waals surface area contributed by atoms with Gasteiger partial charge in [-0.1, -0.05) is 18.2 Å². The Hall–Kier alpha value is -2.50. The lowest BCUT2D eigenvalue weighted by molar-refractivity contribution is -0.147. The molecule has 2 aliphatic carbocycles. The van der Waals surface area contributed by atoms with Crippen LogP contribution in [0.25, 0.3) is 0 Å². The molecule has 2 fully saturated rings. The standard InChI is InChI=1S/C19H21N3O3/c1-11(14-5-3-4-8-20-14)21(2)15(23)10-22-18(24)16-12-6-7-13(9-12)17(16)19(22)25/h3-8,11-13,16-17H,9-10H2,1-2H3/t11-,12+,13+,16-,17+/m1/s1. The molecule has 3 aliphatic rings. The van der Waals surface area contributed by atoms with Gasteiger partial charge in [0.15, 0.2) is 0 Å². The van der Waals surface area contributed by atoms with Gasteiger partial charge in [-0.15, -0.1) is 0 Å². The van der Waals surface area contributed by atoms with Crippen molar-refractivity contribution in [1.29, 1.82) is 0 Å². The minimum absolute atomic E-state index is 0.164. The Balaban J connectivity index is 1.46. The molecular formula is C19H21N3O3. The summed E-state index contributed by atoms with van der Waals surface area (Å²) in [5, 5.41) is 0. The van der Waals surface area contributed by atoms with Gasteiger partial charge in [-0.25, -0.2) is 0 Å². The summed E-state index contributed by atoms with van der Waals surface area (Å²) in [5.41, 5.74) is 0.775. The second-order valence-electron chi connectivity index (χ2n) is 7.20. The van der Waals surface area contributed by atoms with Crippen LogP contribution in [0.5, 0.6) is 0 Å². The van der Waals surface area contributed by atoms with E-state index in [0.717, 1.165) is 12.1 Å². The molecule has 6 nitrogen and oxygen atoms in total. The molecule has 1 saturated heterocycles. The number of imide groups is 1. The lowest BCUT2D eigenvalue weighted by Gasteiger charge is -2.26. The van der Waals surface area contributed by atoms with Crippen LogP contribution in [0.3, 0.4) is 0 Å². The van der Waals surface area contributed by atoms with Gasteiger partial charge in [0.1, 0.15) is 6.54 Å². The molecule has 5 atom stereocenters. The van der Waals surface area contributed by atoms with Crippen LogP contribution in [0.2, 0.25) is 0 Å². The van der Waals surface area contributed by atoms with Crippen molar-refractivity contribution in [2.45, 2.75) is 19.4 Å². The van der Waals surface area contributed by atoms with Crippen LogP contribution in [0.4, 0.5) is 0 Å². The van der Waals surface area contributed by atoms with E-state index in [9.17, 15) is 14.4 Å². The molecule has 0 aromatic carbocycles. The maximum absolute atomic E-state index is 12.7. The molecule has 3 amide bonds. The van der Waals surface area contributed by atoms with Crippen LogP contribution in [0.1, 0.15) is 25.1 Å². The highest BCUT2D eigenvalue weighted by Gasteiger charge is 2.59. The first-order valence-corrected chi connectivity index (χ1v) is 8.69. The number of hydrogen-bond acceptors (Lipinski definition) is 4. The Kier molecular flexibility index (Phi) is 3.71. The summed E-state index contributed by atoms with van der Waals surface area (Å²) in [6.45, 7) is 1.70. The Morgan fingerprint density at radius 2 is 1.88 bits per heavy atom. The molecule has 4 rings (SSSR count). The van der Waals surface area contributed by atoms with Crippen molar-refractivity contribution in [2.24, 2.45) is 23.7 Å². The van der Waals surface area contributed by atoms with Crippen molar-refractivity contribution in [3.8, 4) is 0 Å². The quantitative estimate of drug-likeness (QED) is 0.614. The summed E-state index contributed by atoms with van der Waals surface area (Å²) >= 11 is 0. The summed E-state index contributed by atoms with van der Waals surface area (Å²) in [7, 11) is 1.68. The molecule has 0 spiro atoms. The lowest BCUT2D eigenvalue weighted by atomic mass is 9.85. The number of carbonyl (C=O) groups excluding carboxylic acids is 3. The number of amides is 3. The number of aromatic nitrogens is 1. The Morgan fingerprint density at radius 1 is 1.24 bits per heavy atom. The smallest absolute Gasteiger partial charge is 0.243 e. The number of likely N-dealkylation sites (tertiary alicyclic amines) is 1. The van der Waals surface area contributed by atoms with Crippen molar-refractivity contribution in [3.05, 3.63) is 42.2 Å². The first-order chi connectivity index (χ1) is 12.0.